The molecule has 1 unspecified atom stereocenters. The predicted octanol–water partition coefficient (Wildman–Crippen LogP) is 4.69. The molecule has 1 saturated heterocycles. The molecule has 1 aromatic heterocycles. The number of nitrogens with zero attached hydrogens (tertiary/aromatic N) is 2. The van der Waals surface area contributed by atoms with Gasteiger partial charge in [-0.3, -0.25) is 9.69 Å². The summed E-state index contributed by atoms with van der Waals surface area (Å²) in [6.07, 6.45) is 2.24. The van der Waals surface area contributed by atoms with Gasteiger partial charge in [-0.15, -0.1) is 0 Å². The molecule has 31 heavy (non-hydrogen) atoms. The summed E-state index contributed by atoms with van der Waals surface area (Å²) in [7, 11) is 1.68. The summed E-state index contributed by atoms with van der Waals surface area (Å²) in [5.41, 5.74) is 2.38. The topological polar surface area (TPSA) is 48.6 Å². The molecule has 6 heteroatoms. The zero-order valence-electron chi connectivity index (χ0n) is 18.2. The minimum atomic E-state index is -0.308. The zero-order chi connectivity index (χ0) is 21.8. The molecule has 164 valence electrons. The summed E-state index contributed by atoms with van der Waals surface area (Å²) < 4.78 is 19.3. The maximum atomic E-state index is 14.0. The Morgan fingerprint density at radius 2 is 2.06 bits per heavy atom. The number of hydrogen-bond acceptors (Lipinski definition) is 3. The first kappa shape index (κ1) is 21.4. The van der Waals surface area contributed by atoms with E-state index in [0.717, 1.165) is 38.2 Å². The minimum Gasteiger partial charge on any atom is -0.497 e. The second kappa shape index (κ2) is 9.52. The van der Waals surface area contributed by atoms with Crippen molar-refractivity contribution in [2.45, 2.75) is 26.3 Å². The largest absolute Gasteiger partial charge is 0.497 e. The third kappa shape index (κ3) is 4.90. The van der Waals surface area contributed by atoms with Gasteiger partial charge in [0.1, 0.15) is 17.3 Å². The molecule has 1 amide bonds. The Morgan fingerprint density at radius 1 is 1.26 bits per heavy atom. The number of methoxy groups -OCH3 is 1. The Hall–Kier alpha value is -2.86. The van der Waals surface area contributed by atoms with Crippen LogP contribution >= 0.6 is 0 Å². The maximum absolute atomic E-state index is 14.0. The van der Waals surface area contributed by atoms with E-state index in [0.29, 0.717) is 35.6 Å². The average Bonchev–Trinajstić information content (AvgIpc) is 3.24. The fourth-order valence-electron chi connectivity index (χ4n) is 4.50. The van der Waals surface area contributed by atoms with E-state index in [-0.39, 0.29) is 11.7 Å². The molecular formula is C25H30FN3O2. The maximum Gasteiger partial charge on any atom is 0.270 e. The number of ether oxygens (including phenoxy) is 1. The van der Waals surface area contributed by atoms with E-state index in [2.05, 4.69) is 22.0 Å². The van der Waals surface area contributed by atoms with Crippen LogP contribution in [0.4, 0.5) is 4.39 Å². The number of nitrogens with one attached hydrogen (secondary N) is 1. The van der Waals surface area contributed by atoms with Gasteiger partial charge in [0.15, 0.2) is 0 Å². The predicted molar refractivity (Wildman–Crippen MR) is 121 cm³/mol. The van der Waals surface area contributed by atoms with Crippen LogP contribution in [0, 0.1) is 11.7 Å². The van der Waals surface area contributed by atoms with Gasteiger partial charge in [-0.2, -0.15) is 0 Å². The van der Waals surface area contributed by atoms with Crippen molar-refractivity contribution in [2.24, 2.45) is 5.92 Å². The number of piperidine rings is 1. The molecule has 1 N–H and O–H groups in total. The first-order valence-corrected chi connectivity index (χ1v) is 11.0. The Kier molecular flexibility index (Phi) is 6.56. The lowest BCUT2D eigenvalue weighted by atomic mass is 9.96. The third-order valence-electron chi connectivity index (χ3n) is 6.16. The number of fused-ring (bicyclic) bond motifs is 1. The SMILES string of the molecule is CCN(CC1CCCN(Cc2ccc(OC)cc2)C1)C(=O)c1cc2c(F)cccc2[nH]1. The third-order valence-corrected chi connectivity index (χ3v) is 6.16. The molecule has 1 aliphatic heterocycles. The lowest BCUT2D eigenvalue weighted by Gasteiger charge is -2.35. The number of benzene rings is 2. The number of amides is 1. The second-order valence-electron chi connectivity index (χ2n) is 8.32. The Bertz CT molecular complexity index is 1030. The van der Waals surface area contributed by atoms with Crippen molar-refractivity contribution in [1.82, 2.24) is 14.8 Å². The smallest absolute Gasteiger partial charge is 0.270 e. The molecule has 0 spiro atoms. The fraction of sp³-hybridized carbons (Fsp3) is 0.400. The van der Waals surface area contributed by atoms with Gasteiger partial charge in [-0.25, -0.2) is 4.39 Å². The number of hydrogen-bond donors (Lipinski definition) is 1. The molecule has 0 radical (unpaired) electrons. The standard InChI is InChI=1S/C25H30FN3O2/c1-3-29(25(30)24-14-21-22(26)7-4-8-23(21)27-24)17-19-6-5-13-28(16-19)15-18-9-11-20(31-2)12-10-18/h4,7-12,14,19,27H,3,5-6,13,15-17H2,1-2H3. The Labute approximate surface area is 182 Å². The Balaban J connectivity index is 1.39. The lowest BCUT2D eigenvalue weighted by molar-refractivity contribution is 0.0680. The highest BCUT2D eigenvalue weighted by atomic mass is 19.1. The lowest BCUT2D eigenvalue weighted by Crippen LogP contribution is -2.42. The average molecular weight is 424 g/mol. The highest BCUT2D eigenvalue weighted by Gasteiger charge is 2.25. The molecule has 5 nitrogen and oxygen atoms in total. The Morgan fingerprint density at radius 3 is 2.77 bits per heavy atom. The number of rotatable bonds is 7. The number of aromatic amines is 1. The molecule has 1 atom stereocenters. The highest BCUT2D eigenvalue weighted by Crippen LogP contribution is 2.23. The van der Waals surface area contributed by atoms with E-state index in [1.54, 1.807) is 25.3 Å². The van der Waals surface area contributed by atoms with Crippen LogP contribution in [0.25, 0.3) is 10.9 Å². The van der Waals surface area contributed by atoms with Gasteiger partial charge in [0.05, 0.1) is 7.11 Å². The van der Waals surface area contributed by atoms with Crippen LogP contribution in [0.15, 0.2) is 48.5 Å². The van der Waals surface area contributed by atoms with Crippen LogP contribution in [0.5, 0.6) is 5.75 Å². The zero-order valence-corrected chi connectivity index (χ0v) is 18.2. The number of H-pyrrole nitrogens is 1. The molecule has 4 rings (SSSR count). The molecule has 0 bridgehead atoms. The van der Waals surface area contributed by atoms with Gasteiger partial charge in [0.25, 0.3) is 5.91 Å². The van der Waals surface area contributed by atoms with Gasteiger partial charge in [-0.1, -0.05) is 18.2 Å². The van der Waals surface area contributed by atoms with Crippen molar-refractivity contribution >= 4 is 16.8 Å². The summed E-state index contributed by atoms with van der Waals surface area (Å²) in [6, 6.07) is 14.7. The molecule has 2 aromatic carbocycles. The van der Waals surface area contributed by atoms with Crippen molar-refractivity contribution in [3.63, 3.8) is 0 Å². The van der Waals surface area contributed by atoms with Crippen LogP contribution in [-0.2, 0) is 6.54 Å². The molecule has 3 aromatic rings. The van der Waals surface area contributed by atoms with E-state index in [9.17, 15) is 9.18 Å². The first-order valence-electron chi connectivity index (χ1n) is 11.0. The van der Waals surface area contributed by atoms with E-state index in [1.807, 2.05) is 24.0 Å². The first-order chi connectivity index (χ1) is 15.1. The number of carbonyl (C=O) groups excluding carboxylic acids is 1. The highest BCUT2D eigenvalue weighted by molar-refractivity contribution is 5.98. The van der Waals surface area contributed by atoms with E-state index < -0.39 is 0 Å². The quantitative estimate of drug-likeness (QED) is 0.600. The number of likely N-dealkylation sites (tertiary alicyclic amines) is 1. The van der Waals surface area contributed by atoms with Gasteiger partial charge < -0.3 is 14.6 Å². The van der Waals surface area contributed by atoms with Crippen molar-refractivity contribution in [1.29, 1.82) is 0 Å². The van der Waals surface area contributed by atoms with Crippen molar-refractivity contribution in [3.05, 3.63) is 65.6 Å². The molecule has 1 fully saturated rings. The molecule has 0 saturated carbocycles. The summed E-state index contributed by atoms with van der Waals surface area (Å²) in [5, 5.41) is 0.463. The van der Waals surface area contributed by atoms with Crippen molar-refractivity contribution in [3.8, 4) is 5.75 Å². The molecule has 0 aliphatic carbocycles. The minimum absolute atomic E-state index is 0.0645. The second-order valence-corrected chi connectivity index (χ2v) is 8.32. The number of halogens is 1. The fourth-order valence-corrected chi connectivity index (χ4v) is 4.50. The van der Waals surface area contributed by atoms with E-state index in [1.165, 1.54) is 11.6 Å². The van der Waals surface area contributed by atoms with Gasteiger partial charge >= 0.3 is 0 Å². The summed E-state index contributed by atoms with van der Waals surface area (Å²) in [6.45, 7) is 6.29. The number of carbonyl (C=O) groups is 1. The van der Waals surface area contributed by atoms with Crippen molar-refractivity contribution < 1.29 is 13.9 Å². The molecular weight excluding hydrogens is 393 g/mol. The van der Waals surface area contributed by atoms with Gasteiger partial charge in [0, 0.05) is 37.1 Å². The monoisotopic (exact) mass is 423 g/mol. The number of aromatic nitrogens is 1. The normalized spacial score (nSPS) is 17.1. The van der Waals surface area contributed by atoms with Crippen LogP contribution in [-0.4, -0.2) is 54.0 Å². The summed E-state index contributed by atoms with van der Waals surface area (Å²) in [5.74, 6) is 0.925. The van der Waals surface area contributed by atoms with Crippen LogP contribution in [0.2, 0.25) is 0 Å². The summed E-state index contributed by atoms with van der Waals surface area (Å²) >= 11 is 0. The van der Waals surface area contributed by atoms with Gasteiger partial charge in [-0.05, 0) is 68.1 Å². The van der Waals surface area contributed by atoms with E-state index in [4.69, 9.17) is 4.74 Å². The van der Waals surface area contributed by atoms with Gasteiger partial charge in [0.2, 0.25) is 0 Å². The molecule has 1 aliphatic rings. The molecule has 2 heterocycles. The van der Waals surface area contributed by atoms with Crippen LogP contribution in [0.1, 0.15) is 35.8 Å². The van der Waals surface area contributed by atoms with Crippen LogP contribution < -0.4 is 4.74 Å². The van der Waals surface area contributed by atoms with Crippen molar-refractivity contribution in [2.75, 3.05) is 33.3 Å². The van der Waals surface area contributed by atoms with Crippen LogP contribution in [0.3, 0.4) is 0 Å². The van der Waals surface area contributed by atoms with E-state index >= 15 is 0 Å². The summed E-state index contributed by atoms with van der Waals surface area (Å²) in [4.78, 5) is 20.5.